The first kappa shape index (κ1) is 24.3. The van der Waals surface area contributed by atoms with Crippen molar-refractivity contribution in [2.75, 3.05) is 6.79 Å². The van der Waals surface area contributed by atoms with Crippen molar-refractivity contribution in [1.82, 2.24) is 14.9 Å². The number of fused-ring (bicyclic) bond motifs is 1. The van der Waals surface area contributed by atoms with Gasteiger partial charge < -0.3 is 19.4 Å². The van der Waals surface area contributed by atoms with Gasteiger partial charge in [0.15, 0.2) is 16.9 Å². The van der Waals surface area contributed by atoms with Crippen LogP contribution < -0.4 is 20.2 Å². The number of aryl methyl sites for hydroxylation is 1. The van der Waals surface area contributed by atoms with E-state index in [1.54, 1.807) is 18.5 Å². The number of amides is 1. The zero-order valence-corrected chi connectivity index (χ0v) is 20.9. The Bertz CT molecular complexity index is 1430. The van der Waals surface area contributed by atoms with Crippen LogP contribution in [0.3, 0.4) is 0 Å². The smallest absolute Gasteiger partial charge is 0.257 e. The molecule has 7 heteroatoms. The van der Waals surface area contributed by atoms with E-state index in [-0.39, 0.29) is 17.8 Å². The van der Waals surface area contributed by atoms with E-state index < -0.39 is 11.9 Å². The van der Waals surface area contributed by atoms with Crippen molar-refractivity contribution in [2.24, 2.45) is 0 Å². The van der Waals surface area contributed by atoms with E-state index in [0.29, 0.717) is 18.7 Å². The molecule has 0 radical (unpaired) electrons. The lowest BCUT2D eigenvalue weighted by molar-refractivity contribution is 0.0939. The minimum Gasteiger partial charge on any atom is -0.454 e. The fourth-order valence-corrected chi connectivity index (χ4v) is 4.78. The van der Waals surface area contributed by atoms with E-state index in [2.05, 4.69) is 14.9 Å². The number of ether oxygens (including phenoxy) is 2. The lowest BCUT2D eigenvalue weighted by atomic mass is 9.98. The van der Waals surface area contributed by atoms with E-state index in [1.165, 1.54) is 0 Å². The normalized spacial score (nSPS) is 12.8. The van der Waals surface area contributed by atoms with E-state index in [1.807, 2.05) is 74.5 Å². The molecule has 37 heavy (non-hydrogen) atoms. The Morgan fingerprint density at radius 3 is 2.49 bits per heavy atom. The summed E-state index contributed by atoms with van der Waals surface area (Å²) < 4.78 is 13.0. The van der Waals surface area contributed by atoms with Crippen LogP contribution in [-0.2, 0) is 13.0 Å². The zero-order chi connectivity index (χ0) is 25.8. The Morgan fingerprint density at radius 1 is 1.00 bits per heavy atom. The van der Waals surface area contributed by atoms with Crippen molar-refractivity contribution in [3.63, 3.8) is 0 Å². The third kappa shape index (κ3) is 5.11. The van der Waals surface area contributed by atoms with Gasteiger partial charge in [0, 0.05) is 36.4 Å². The summed E-state index contributed by atoms with van der Waals surface area (Å²) in [6, 6.07) is 20.4. The molecule has 3 heterocycles. The predicted molar refractivity (Wildman–Crippen MR) is 141 cm³/mol. The van der Waals surface area contributed by atoms with E-state index in [0.717, 1.165) is 40.2 Å². The molecule has 7 nitrogen and oxygen atoms in total. The Labute approximate surface area is 215 Å². The van der Waals surface area contributed by atoms with Crippen LogP contribution in [0.25, 0.3) is 0 Å². The van der Waals surface area contributed by atoms with Crippen LogP contribution in [-0.4, -0.2) is 22.3 Å². The quantitative estimate of drug-likeness (QED) is 0.380. The molecular formula is C30H29N3O4. The van der Waals surface area contributed by atoms with Gasteiger partial charge in [0.05, 0.1) is 6.04 Å². The lowest BCUT2D eigenvalue weighted by Gasteiger charge is -2.23. The number of rotatable bonds is 8. The van der Waals surface area contributed by atoms with Crippen LogP contribution in [0.15, 0.2) is 83.9 Å². The molecule has 0 fully saturated rings. The van der Waals surface area contributed by atoms with Crippen LogP contribution in [0, 0.1) is 6.92 Å². The molecule has 0 saturated carbocycles. The highest BCUT2D eigenvalue weighted by atomic mass is 16.7. The first-order chi connectivity index (χ1) is 18.0. The molecule has 1 amide bonds. The first-order valence-electron chi connectivity index (χ1n) is 12.4. The Morgan fingerprint density at radius 2 is 1.73 bits per heavy atom. The fraction of sp³-hybridized carbons (Fsp3) is 0.233. The number of hydrogen-bond acceptors (Lipinski definition) is 5. The highest BCUT2D eigenvalue weighted by Gasteiger charge is 2.24. The molecule has 0 unspecified atom stereocenters. The summed E-state index contributed by atoms with van der Waals surface area (Å²) in [4.78, 5) is 31.2. The number of carbonyl (C=O) groups is 1. The second-order valence-electron chi connectivity index (χ2n) is 9.09. The maximum Gasteiger partial charge on any atom is 0.257 e. The molecule has 1 aliphatic rings. The highest BCUT2D eigenvalue weighted by molar-refractivity contribution is 5.95. The third-order valence-electron chi connectivity index (χ3n) is 6.57. The summed E-state index contributed by atoms with van der Waals surface area (Å²) >= 11 is 0. The van der Waals surface area contributed by atoms with E-state index in [4.69, 9.17) is 9.47 Å². The van der Waals surface area contributed by atoms with Gasteiger partial charge in [0.2, 0.25) is 6.79 Å². The van der Waals surface area contributed by atoms with Crippen molar-refractivity contribution >= 4 is 5.91 Å². The van der Waals surface area contributed by atoms with Gasteiger partial charge >= 0.3 is 0 Å². The molecule has 1 N–H and O–H groups in total. The maximum absolute atomic E-state index is 13.8. The van der Waals surface area contributed by atoms with Crippen molar-refractivity contribution in [2.45, 2.75) is 39.3 Å². The molecular weight excluding hydrogens is 466 g/mol. The van der Waals surface area contributed by atoms with Gasteiger partial charge in [0.1, 0.15) is 5.56 Å². The second-order valence-corrected chi connectivity index (χ2v) is 9.09. The third-order valence-corrected chi connectivity index (χ3v) is 6.57. The number of hydrogen-bond donors (Lipinski definition) is 1. The number of nitrogens with one attached hydrogen (secondary N) is 1. The summed E-state index contributed by atoms with van der Waals surface area (Å²) in [7, 11) is 0. The van der Waals surface area contributed by atoms with Gasteiger partial charge in [-0.1, -0.05) is 49.7 Å². The van der Waals surface area contributed by atoms with E-state index >= 15 is 0 Å². The molecule has 0 aliphatic carbocycles. The topological polar surface area (TPSA) is 82.5 Å². The van der Waals surface area contributed by atoms with Crippen LogP contribution >= 0.6 is 0 Å². The largest absolute Gasteiger partial charge is 0.454 e. The summed E-state index contributed by atoms with van der Waals surface area (Å²) in [5.41, 5.74) is 4.25. The Balaban J connectivity index is 1.54. The average Bonchev–Trinajstić information content (AvgIpc) is 3.38. The zero-order valence-electron chi connectivity index (χ0n) is 20.9. The number of carbonyl (C=O) groups excluding carboxylic acids is 1. The molecule has 4 aromatic rings. The lowest BCUT2D eigenvalue weighted by Crippen LogP contribution is -2.35. The van der Waals surface area contributed by atoms with Gasteiger partial charge in [-0.3, -0.25) is 14.6 Å². The van der Waals surface area contributed by atoms with Crippen molar-refractivity contribution in [3.8, 4) is 11.5 Å². The van der Waals surface area contributed by atoms with E-state index in [9.17, 15) is 9.59 Å². The van der Waals surface area contributed by atoms with Crippen LogP contribution in [0.2, 0.25) is 0 Å². The minimum atomic E-state index is -0.422. The van der Waals surface area contributed by atoms with Gasteiger partial charge in [0.25, 0.3) is 5.91 Å². The van der Waals surface area contributed by atoms with Crippen LogP contribution in [0.4, 0.5) is 0 Å². The standard InChI is InChI=1S/C30H29N3O4/c1-3-7-24-28(30(35)32-29(22-8-5-4-6-9-22)23-12-14-31-15-13-23)25(34)16-20(2)33(24)18-21-10-11-26-27(17-21)37-19-36-26/h4-6,8-17,29H,3,7,18-19H2,1-2H3,(H,32,35)/t29-/m0/s1. The molecule has 1 atom stereocenters. The molecule has 0 spiro atoms. The Kier molecular flexibility index (Phi) is 7.03. The number of aromatic nitrogens is 2. The predicted octanol–water partition coefficient (Wildman–Crippen LogP) is 4.80. The number of nitrogens with zero attached hydrogens (tertiary/aromatic N) is 2. The van der Waals surface area contributed by atoms with Gasteiger partial charge in [-0.2, -0.15) is 0 Å². The molecule has 0 saturated heterocycles. The summed E-state index contributed by atoms with van der Waals surface area (Å²) in [5, 5.41) is 3.13. The van der Waals surface area contributed by atoms with Crippen LogP contribution in [0.1, 0.15) is 57.8 Å². The molecule has 5 rings (SSSR count). The number of benzene rings is 2. The summed E-state index contributed by atoms with van der Waals surface area (Å²) in [5.74, 6) is 1.03. The van der Waals surface area contributed by atoms with Gasteiger partial charge in [-0.15, -0.1) is 0 Å². The second kappa shape index (κ2) is 10.7. The first-order valence-corrected chi connectivity index (χ1v) is 12.4. The highest BCUT2D eigenvalue weighted by Crippen LogP contribution is 2.33. The molecule has 2 aromatic heterocycles. The molecule has 0 bridgehead atoms. The summed E-state index contributed by atoms with van der Waals surface area (Å²) in [6.45, 7) is 4.66. The van der Waals surface area contributed by atoms with Crippen molar-refractivity contribution < 1.29 is 14.3 Å². The van der Waals surface area contributed by atoms with Gasteiger partial charge in [-0.05, 0) is 54.3 Å². The monoisotopic (exact) mass is 495 g/mol. The maximum atomic E-state index is 13.8. The average molecular weight is 496 g/mol. The molecule has 188 valence electrons. The van der Waals surface area contributed by atoms with Crippen molar-refractivity contribution in [3.05, 3.63) is 123 Å². The fourth-order valence-electron chi connectivity index (χ4n) is 4.78. The van der Waals surface area contributed by atoms with Crippen LogP contribution in [0.5, 0.6) is 11.5 Å². The SMILES string of the molecule is CCCc1c(C(=O)N[C@@H](c2ccccc2)c2ccncc2)c(=O)cc(C)n1Cc1ccc2c(c1)OCO2. The number of pyridine rings is 2. The van der Waals surface area contributed by atoms with Gasteiger partial charge in [-0.25, -0.2) is 0 Å². The molecule has 2 aromatic carbocycles. The minimum absolute atomic E-state index is 0.184. The summed E-state index contributed by atoms with van der Waals surface area (Å²) in [6.07, 6.45) is 4.78. The Hall–Kier alpha value is -4.39. The molecule has 1 aliphatic heterocycles. The van der Waals surface area contributed by atoms with Crippen molar-refractivity contribution in [1.29, 1.82) is 0 Å².